The number of likely N-dealkylation sites (N-methyl/N-ethyl adjacent to an activating group) is 1. The van der Waals surface area contributed by atoms with Crippen LogP contribution < -0.4 is 10.1 Å². The zero-order valence-electron chi connectivity index (χ0n) is 25.3. The number of aromatic nitrogens is 1. The number of benzene rings is 2. The van der Waals surface area contributed by atoms with Crippen molar-refractivity contribution in [1.29, 1.82) is 0 Å². The summed E-state index contributed by atoms with van der Waals surface area (Å²) in [6.45, 7) is 9.32. The highest BCUT2D eigenvalue weighted by molar-refractivity contribution is 5.99. The fourth-order valence-electron chi connectivity index (χ4n) is 6.42. The first-order chi connectivity index (χ1) is 19.9. The molecule has 0 unspecified atom stereocenters. The fourth-order valence-corrected chi connectivity index (χ4v) is 6.42. The number of phenols is 1. The summed E-state index contributed by atoms with van der Waals surface area (Å²) in [6, 6.07) is 8.91. The van der Waals surface area contributed by atoms with E-state index in [2.05, 4.69) is 14.8 Å². The second-order valence-corrected chi connectivity index (χ2v) is 12.7. The third-order valence-corrected chi connectivity index (χ3v) is 8.52. The van der Waals surface area contributed by atoms with Crippen molar-refractivity contribution in [2.75, 3.05) is 26.7 Å². The van der Waals surface area contributed by atoms with Gasteiger partial charge in [0.1, 0.15) is 12.2 Å². The number of hydrogen-bond acceptors (Lipinski definition) is 6. The quantitative estimate of drug-likeness (QED) is 0.316. The molecule has 2 aliphatic rings. The number of amides is 1. The van der Waals surface area contributed by atoms with E-state index in [1.807, 2.05) is 46.9 Å². The molecule has 3 N–H and O–H groups in total. The van der Waals surface area contributed by atoms with Crippen molar-refractivity contribution in [3.63, 3.8) is 0 Å². The molecule has 42 heavy (non-hydrogen) atoms. The van der Waals surface area contributed by atoms with Crippen molar-refractivity contribution in [3.05, 3.63) is 47.0 Å². The van der Waals surface area contributed by atoms with Crippen LogP contribution in [0.15, 0.2) is 30.3 Å². The molecular weight excluding hydrogens is 534 g/mol. The van der Waals surface area contributed by atoms with Crippen LogP contribution in [0.25, 0.3) is 22.2 Å². The minimum Gasteiger partial charge on any atom is -0.504 e. The van der Waals surface area contributed by atoms with Crippen LogP contribution in [0.1, 0.15) is 80.3 Å². The fraction of sp³-hybridized carbons (Fsp3) is 0.515. The van der Waals surface area contributed by atoms with E-state index >= 15 is 0 Å². The Morgan fingerprint density at radius 1 is 1.14 bits per heavy atom. The summed E-state index contributed by atoms with van der Waals surface area (Å²) in [7, 11) is 1.99. The van der Waals surface area contributed by atoms with E-state index in [1.54, 1.807) is 18.2 Å². The number of carbonyl (C=O) groups excluding carboxylic acids is 1. The van der Waals surface area contributed by atoms with E-state index in [1.165, 1.54) is 12.0 Å². The van der Waals surface area contributed by atoms with Gasteiger partial charge in [-0.3, -0.25) is 4.90 Å². The first-order valence-electron chi connectivity index (χ1n) is 15.0. The number of hydrogen-bond donors (Lipinski definition) is 3. The topological polar surface area (TPSA) is 113 Å². The minimum atomic E-state index is -0.961. The summed E-state index contributed by atoms with van der Waals surface area (Å²) < 4.78 is 14.0. The van der Waals surface area contributed by atoms with E-state index in [9.17, 15) is 19.8 Å². The summed E-state index contributed by atoms with van der Waals surface area (Å²) in [5.74, 6) is -0.0870. The van der Waals surface area contributed by atoms with E-state index < -0.39 is 17.7 Å². The van der Waals surface area contributed by atoms with Crippen molar-refractivity contribution in [2.45, 2.75) is 83.9 Å². The van der Waals surface area contributed by atoms with E-state index in [4.69, 9.17) is 9.47 Å². The molecule has 2 aromatic carbocycles. The Kier molecular flexibility index (Phi) is 8.42. The van der Waals surface area contributed by atoms with Crippen molar-refractivity contribution in [3.8, 4) is 22.8 Å². The van der Waals surface area contributed by atoms with Gasteiger partial charge in [-0.2, -0.15) is 0 Å². The SMILES string of the molecule is Cc1ccc(O)c2c1-c1c(C3CCCCC3)c3ccc(C(=O)O)cc3n1C[C@@H](N(C)CCNC(=O)OC(C)(C)C)CO2. The predicted molar refractivity (Wildman–Crippen MR) is 163 cm³/mol. The molecule has 3 aromatic rings. The number of carboxylic acid groups (broad SMARTS) is 1. The molecule has 9 heteroatoms. The van der Waals surface area contributed by atoms with Gasteiger partial charge in [-0.25, -0.2) is 9.59 Å². The average Bonchev–Trinajstić information content (AvgIpc) is 3.22. The maximum Gasteiger partial charge on any atom is 0.407 e. The van der Waals surface area contributed by atoms with Crippen LogP contribution in [0.2, 0.25) is 0 Å². The molecule has 1 aromatic heterocycles. The summed E-state index contributed by atoms with van der Waals surface area (Å²) in [5, 5.41) is 24.8. The maximum absolute atomic E-state index is 12.2. The second kappa shape index (κ2) is 11.9. The number of aromatic carboxylic acids is 1. The van der Waals surface area contributed by atoms with Crippen LogP contribution in [-0.2, 0) is 11.3 Å². The summed E-state index contributed by atoms with van der Waals surface area (Å²) in [5.41, 5.74) is 4.64. The van der Waals surface area contributed by atoms with Gasteiger partial charge in [0.15, 0.2) is 11.5 Å². The third kappa shape index (κ3) is 6.07. The number of nitrogens with zero attached hydrogens (tertiary/aromatic N) is 2. The van der Waals surface area contributed by atoms with Crippen LogP contribution in [0.4, 0.5) is 4.79 Å². The number of carbonyl (C=O) groups is 2. The van der Waals surface area contributed by atoms with Gasteiger partial charge in [0.05, 0.1) is 17.3 Å². The molecule has 1 saturated carbocycles. The Labute approximate surface area is 247 Å². The Balaban J connectivity index is 1.60. The van der Waals surface area contributed by atoms with Crippen molar-refractivity contribution >= 4 is 23.0 Å². The molecule has 1 aliphatic heterocycles. The van der Waals surface area contributed by atoms with E-state index in [0.717, 1.165) is 53.4 Å². The Morgan fingerprint density at radius 3 is 2.57 bits per heavy atom. The smallest absolute Gasteiger partial charge is 0.407 e. The van der Waals surface area contributed by atoms with Crippen LogP contribution in [0, 0.1) is 6.92 Å². The third-order valence-electron chi connectivity index (χ3n) is 8.52. The van der Waals surface area contributed by atoms with E-state index in [0.29, 0.717) is 37.9 Å². The Morgan fingerprint density at radius 2 is 1.88 bits per heavy atom. The van der Waals surface area contributed by atoms with Gasteiger partial charge < -0.3 is 29.6 Å². The van der Waals surface area contributed by atoms with Crippen molar-refractivity contribution in [1.82, 2.24) is 14.8 Å². The van der Waals surface area contributed by atoms with Crippen LogP contribution in [0.5, 0.6) is 11.5 Å². The number of aryl methyl sites for hydroxylation is 1. The number of nitrogens with one attached hydrogen (secondary N) is 1. The summed E-state index contributed by atoms with van der Waals surface area (Å²) in [4.78, 5) is 26.4. The molecule has 0 radical (unpaired) electrons. The lowest BCUT2D eigenvalue weighted by Gasteiger charge is -2.33. The minimum absolute atomic E-state index is 0.0862. The van der Waals surface area contributed by atoms with Crippen LogP contribution in [-0.4, -0.2) is 70.1 Å². The molecule has 0 saturated heterocycles. The van der Waals surface area contributed by atoms with E-state index in [-0.39, 0.29) is 17.4 Å². The molecule has 9 nitrogen and oxygen atoms in total. The number of alkyl carbamates (subject to hydrolysis) is 1. The van der Waals surface area contributed by atoms with Crippen molar-refractivity contribution < 1.29 is 29.3 Å². The lowest BCUT2D eigenvalue weighted by molar-refractivity contribution is 0.0516. The van der Waals surface area contributed by atoms with Crippen molar-refractivity contribution in [2.24, 2.45) is 0 Å². The first kappa shape index (κ1) is 29.8. The predicted octanol–water partition coefficient (Wildman–Crippen LogP) is 6.29. The molecule has 1 amide bonds. The summed E-state index contributed by atoms with van der Waals surface area (Å²) in [6.07, 6.45) is 5.21. The Hall–Kier alpha value is -3.72. The van der Waals surface area contributed by atoms with Gasteiger partial charge in [-0.15, -0.1) is 0 Å². The monoisotopic (exact) mass is 577 g/mol. The lowest BCUT2D eigenvalue weighted by atomic mass is 9.81. The zero-order chi connectivity index (χ0) is 30.2. The van der Waals surface area contributed by atoms with Gasteiger partial charge in [0.2, 0.25) is 0 Å². The standard InChI is InChI=1S/C33H43N3O6/c1-20-11-14-26(37)30-27(20)29-28(21-9-7-6-8-10-21)24-13-12-22(31(38)39)17-25(24)36(29)18-23(19-41-30)35(5)16-15-34-32(40)42-33(2,3)4/h11-14,17,21,23,37H,6-10,15-16,18-19H2,1-5H3,(H,34,40)(H,38,39)/t23-/m1/s1. The van der Waals surface area contributed by atoms with Gasteiger partial charge in [0, 0.05) is 36.1 Å². The molecular formula is C33H43N3O6. The Bertz CT molecular complexity index is 1480. The molecule has 0 spiro atoms. The zero-order valence-corrected chi connectivity index (χ0v) is 25.3. The number of phenolic OH excluding ortho intramolecular Hbond substituents is 1. The number of fused-ring (bicyclic) bond motifs is 5. The molecule has 1 atom stereocenters. The molecule has 0 bridgehead atoms. The van der Waals surface area contributed by atoms with Gasteiger partial charge in [-0.05, 0) is 82.8 Å². The maximum atomic E-state index is 12.2. The molecule has 226 valence electrons. The van der Waals surface area contributed by atoms with Gasteiger partial charge >= 0.3 is 12.1 Å². The molecule has 5 rings (SSSR count). The number of aromatic hydroxyl groups is 1. The number of ether oxygens (including phenoxy) is 2. The molecule has 1 fully saturated rings. The average molecular weight is 578 g/mol. The highest BCUT2D eigenvalue weighted by Crippen LogP contribution is 2.50. The lowest BCUT2D eigenvalue weighted by Crippen LogP contribution is -2.45. The first-order valence-corrected chi connectivity index (χ1v) is 15.0. The van der Waals surface area contributed by atoms with Gasteiger partial charge in [0.25, 0.3) is 0 Å². The highest BCUT2D eigenvalue weighted by atomic mass is 16.6. The molecule has 1 aliphatic carbocycles. The molecule has 2 heterocycles. The number of rotatable bonds is 6. The normalized spacial score (nSPS) is 17.6. The largest absolute Gasteiger partial charge is 0.504 e. The highest BCUT2D eigenvalue weighted by Gasteiger charge is 2.33. The van der Waals surface area contributed by atoms with Crippen LogP contribution in [0.3, 0.4) is 0 Å². The number of carboxylic acids is 1. The summed E-state index contributed by atoms with van der Waals surface area (Å²) >= 11 is 0. The van der Waals surface area contributed by atoms with Crippen LogP contribution >= 0.6 is 0 Å². The second-order valence-electron chi connectivity index (χ2n) is 12.7. The van der Waals surface area contributed by atoms with Gasteiger partial charge in [-0.1, -0.05) is 31.4 Å².